The average molecular weight is 389 g/mol. The molecular weight excluding hydrogens is 370 g/mol. The molecule has 0 spiro atoms. The standard InChI is InChI=1S/C21H19N5O3/c1-13(2)26-18(27)9-8-16(23-26)19-17-12-15(22-21(28)29)10-11-25(17)24-20(19)14-6-4-3-5-7-14/h3-13,22H,1-2H3,(H,28,29). The molecule has 8 nitrogen and oxygen atoms in total. The molecule has 0 aliphatic carbocycles. The number of amides is 1. The van der Waals surface area contributed by atoms with Crippen LogP contribution in [0.1, 0.15) is 19.9 Å². The second kappa shape index (κ2) is 7.23. The first kappa shape index (κ1) is 18.4. The van der Waals surface area contributed by atoms with Gasteiger partial charge in [-0.3, -0.25) is 10.1 Å². The molecule has 8 heteroatoms. The summed E-state index contributed by atoms with van der Waals surface area (Å²) in [6.07, 6.45) is 0.542. The summed E-state index contributed by atoms with van der Waals surface area (Å²) in [7, 11) is 0. The summed E-state index contributed by atoms with van der Waals surface area (Å²) in [5.74, 6) is 0. The van der Waals surface area contributed by atoms with Crippen molar-refractivity contribution in [3.05, 3.63) is 71.1 Å². The van der Waals surface area contributed by atoms with Crippen molar-refractivity contribution in [3.8, 4) is 22.5 Å². The van der Waals surface area contributed by atoms with E-state index in [9.17, 15) is 9.59 Å². The fraction of sp³-hybridized carbons (Fsp3) is 0.143. The molecule has 0 bridgehead atoms. The van der Waals surface area contributed by atoms with Gasteiger partial charge < -0.3 is 5.11 Å². The van der Waals surface area contributed by atoms with Gasteiger partial charge in [-0.05, 0) is 32.0 Å². The molecule has 4 rings (SSSR count). The van der Waals surface area contributed by atoms with E-state index in [0.29, 0.717) is 22.6 Å². The first-order chi connectivity index (χ1) is 13.9. The van der Waals surface area contributed by atoms with Gasteiger partial charge in [0, 0.05) is 23.5 Å². The fourth-order valence-electron chi connectivity index (χ4n) is 3.23. The number of anilines is 1. The number of aromatic nitrogens is 4. The van der Waals surface area contributed by atoms with Gasteiger partial charge in [0.25, 0.3) is 5.56 Å². The zero-order valence-electron chi connectivity index (χ0n) is 15.9. The third kappa shape index (κ3) is 3.47. The normalized spacial score (nSPS) is 11.1. The van der Waals surface area contributed by atoms with Gasteiger partial charge >= 0.3 is 6.09 Å². The first-order valence-electron chi connectivity index (χ1n) is 9.12. The Hall–Kier alpha value is -3.94. The number of hydrogen-bond acceptors (Lipinski definition) is 4. The summed E-state index contributed by atoms with van der Waals surface area (Å²) in [6, 6.07) is 16.0. The molecule has 0 radical (unpaired) electrons. The van der Waals surface area contributed by atoms with Gasteiger partial charge in [-0.15, -0.1) is 0 Å². The molecule has 4 aromatic rings. The van der Waals surface area contributed by atoms with Crippen LogP contribution in [0, 0.1) is 0 Å². The van der Waals surface area contributed by atoms with Crippen LogP contribution in [0.3, 0.4) is 0 Å². The van der Waals surface area contributed by atoms with Crippen LogP contribution >= 0.6 is 0 Å². The van der Waals surface area contributed by atoms with Crippen molar-refractivity contribution in [1.82, 2.24) is 19.4 Å². The Bertz CT molecular complexity index is 1260. The van der Waals surface area contributed by atoms with E-state index in [-0.39, 0.29) is 11.6 Å². The maximum Gasteiger partial charge on any atom is 0.409 e. The molecule has 1 aromatic carbocycles. The van der Waals surface area contributed by atoms with E-state index in [1.54, 1.807) is 28.9 Å². The van der Waals surface area contributed by atoms with Gasteiger partial charge in [0.05, 0.1) is 22.8 Å². The van der Waals surface area contributed by atoms with Crippen LogP contribution in [0.15, 0.2) is 65.6 Å². The molecule has 0 atom stereocenters. The van der Waals surface area contributed by atoms with E-state index < -0.39 is 6.09 Å². The van der Waals surface area contributed by atoms with Crippen molar-refractivity contribution >= 4 is 17.3 Å². The van der Waals surface area contributed by atoms with Crippen LogP contribution in [0.5, 0.6) is 0 Å². The zero-order valence-corrected chi connectivity index (χ0v) is 15.9. The molecule has 29 heavy (non-hydrogen) atoms. The number of carbonyl (C=O) groups is 1. The van der Waals surface area contributed by atoms with Crippen LogP contribution in [0.4, 0.5) is 10.5 Å². The first-order valence-corrected chi connectivity index (χ1v) is 9.12. The lowest BCUT2D eigenvalue weighted by molar-refractivity contribution is 0.210. The third-order valence-corrected chi connectivity index (χ3v) is 4.50. The van der Waals surface area contributed by atoms with Gasteiger partial charge in [-0.2, -0.15) is 10.2 Å². The summed E-state index contributed by atoms with van der Waals surface area (Å²) in [6.45, 7) is 3.78. The minimum absolute atomic E-state index is 0.103. The largest absolute Gasteiger partial charge is 0.465 e. The lowest BCUT2D eigenvalue weighted by Gasteiger charge is -2.10. The van der Waals surface area contributed by atoms with Crippen LogP contribution in [-0.4, -0.2) is 30.6 Å². The zero-order chi connectivity index (χ0) is 20.5. The summed E-state index contributed by atoms with van der Waals surface area (Å²) >= 11 is 0. The highest BCUT2D eigenvalue weighted by molar-refractivity contribution is 5.93. The number of nitrogens with one attached hydrogen (secondary N) is 1. The number of carboxylic acid groups (broad SMARTS) is 1. The molecule has 0 aliphatic rings. The van der Waals surface area contributed by atoms with E-state index in [4.69, 9.17) is 10.2 Å². The van der Waals surface area contributed by atoms with Crippen LogP contribution in [0.2, 0.25) is 0 Å². The van der Waals surface area contributed by atoms with E-state index in [1.165, 1.54) is 10.7 Å². The van der Waals surface area contributed by atoms with E-state index >= 15 is 0 Å². The molecule has 1 amide bonds. The summed E-state index contributed by atoms with van der Waals surface area (Å²) < 4.78 is 3.10. The quantitative estimate of drug-likeness (QED) is 0.551. The monoisotopic (exact) mass is 389 g/mol. The molecule has 0 fully saturated rings. The Morgan fingerprint density at radius 1 is 1.07 bits per heavy atom. The number of fused-ring (bicyclic) bond motifs is 1. The molecule has 2 N–H and O–H groups in total. The summed E-state index contributed by atoms with van der Waals surface area (Å²) in [5, 5.41) is 20.7. The lowest BCUT2D eigenvalue weighted by atomic mass is 10.0. The molecule has 0 aliphatic heterocycles. The van der Waals surface area contributed by atoms with Crippen LogP contribution in [0.25, 0.3) is 28.0 Å². The van der Waals surface area contributed by atoms with Crippen LogP contribution < -0.4 is 10.9 Å². The Balaban J connectivity index is 2.02. The van der Waals surface area contributed by atoms with Crippen LogP contribution in [-0.2, 0) is 0 Å². The maximum absolute atomic E-state index is 12.2. The second-order valence-corrected chi connectivity index (χ2v) is 6.86. The van der Waals surface area contributed by atoms with Crippen molar-refractivity contribution in [2.45, 2.75) is 19.9 Å². The molecule has 0 saturated carbocycles. The molecule has 3 aromatic heterocycles. The Morgan fingerprint density at radius 2 is 1.83 bits per heavy atom. The van der Waals surface area contributed by atoms with E-state index in [0.717, 1.165) is 11.1 Å². The summed E-state index contributed by atoms with van der Waals surface area (Å²) in [4.78, 5) is 23.2. The number of pyridine rings is 1. The molecular formula is C21H19N5O3. The predicted molar refractivity (Wildman–Crippen MR) is 110 cm³/mol. The Kier molecular flexibility index (Phi) is 4.59. The smallest absolute Gasteiger partial charge is 0.409 e. The highest BCUT2D eigenvalue weighted by Crippen LogP contribution is 2.34. The van der Waals surface area contributed by atoms with E-state index in [1.807, 2.05) is 44.2 Å². The number of hydrogen-bond donors (Lipinski definition) is 2. The highest BCUT2D eigenvalue weighted by Gasteiger charge is 2.19. The van der Waals surface area contributed by atoms with Crippen molar-refractivity contribution in [1.29, 1.82) is 0 Å². The Morgan fingerprint density at radius 3 is 2.52 bits per heavy atom. The lowest BCUT2D eigenvalue weighted by Crippen LogP contribution is -2.23. The minimum atomic E-state index is -1.15. The predicted octanol–water partition coefficient (Wildman–Crippen LogP) is 3.90. The number of rotatable bonds is 4. The number of benzene rings is 1. The summed E-state index contributed by atoms with van der Waals surface area (Å²) in [5.41, 5.74) is 3.80. The third-order valence-electron chi connectivity index (χ3n) is 4.50. The van der Waals surface area contributed by atoms with Gasteiger partial charge in [0.15, 0.2) is 0 Å². The van der Waals surface area contributed by atoms with E-state index in [2.05, 4.69) is 10.4 Å². The van der Waals surface area contributed by atoms with Gasteiger partial charge in [0.1, 0.15) is 5.69 Å². The van der Waals surface area contributed by atoms with Crippen molar-refractivity contribution in [2.24, 2.45) is 0 Å². The van der Waals surface area contributed by atoms with Gasteiger partial charge in [-0.25, -0.2) is 14.0 Å². The molecule has 146 valence electrons. The Labute approximate surface area is 166 Å². The molecule has 3 heterocycles. The van der Waals surface area contributed by atoms with Crippen molar-refractivity contribution in [2.75, 3.05) is 5.32 Å². The molecule has 0 unspecified atom stereocenters. The van der Waals surface area contributed by atoms with Crippen molar-refractivity contribution in [3.63, 3.8) is 0 Å². The van der Waals surface area contributed by atoms with Gasteiger partial charge in [-0.1, -0.05) is 30.3 Å². The van der Waals surface area contributed by atoms with Crippen molar-refractivity contribution < 1.29 is 9.90 Å². The highest BCUT2D eigenvalue weighted by atomic mass is 16.4. The second-order valence-electron chi connectivity index (χ2n) is 6.86. The SMILES string of the molecule is CC(C)n1nc(-c2c(-c3ccccc3)nn3ccc(NC(=O)O)cc23)ccc1=O. The van der Waals surface area contributed by atoms with Gasteiger partial charge in [0.2, 0.25) is 0 Å². The molecule has 0 saturated heterocycles. The maximum atomic E-state index is 12.2. The topological polar surface area (TPSA) is 102 Å². The fourth-order valence-corrected chi connectivity index (χ4v) is 3.23. The average Bonchev–Trinajstić information content (AvgIpc) is 3.07. The minimum Gasteiger partial charge on any atom is -0.465 e. The number of nitrogens with zero attached hydrogens (tertiary/aromatic N) is 4.